The molecule has 192 valence electrons. The zero-order chi connectivity index (χ0) is 26.7. The number of aromatic nitrogens is 1. The van der Waals surface area contributed by atoms with Crippen molar-refractivity contribution < 1.29 is 19.2 Å². The Hall–Kier alpha value is -4.05. The Balaban J connectivity index is 1.85. The molecule has 0 saturated carbocycles. The van der Waals surface area contributed by atoms with Crippen LogP contribution >= 0.6 is 11.3 Å². The number of nitro benzene ring substituents is 1. The van der Waals surface area contributed by atoms with Gasteiger partial charge in [-0.25, -0.2) is 9.79 Å². The van der Waals surface area contributed by atoms with E-state index >= 15 is 0 Å². The fraction of sp³-hybridized carbons (Fsp3) is 0.296. The molecule has 2 aromatic carbocycles. The van der Waals surface area contributed by atoms with Gasteiger partial charge in [-0.05, 0) is 61.2 Å². The Morgan fingerprint density at radius 3 is 2.46 bits per heavy atom. The van der Waals surface area contributed by atoms with Crippen LogP contribution in [-0.4, -0.2) is 28.7 Å². The second-order valence-electron chi connectivity index (χ2n) is 8.92. The first-order valence-corrected chi connectivity index (χ1v) is 12.7. The minimum Gasteiger partial charge on any atom is -0.494 e. The Bertz CT molecular complexity index is 1530. The summed E-state index contributed by atoms with van der Waals surface area (Å²) in [5, 5.41) is 11.0. The number of ether oxygens (including phenoxy) is 2. The first-order chi connectivity index (χ1) is 17.7. The molecule has 1 aliphatic rings. The highest BCUT2D eigenvalue weighted by molar-refractivity contribution is 7.07. The first kappa shape index (κ1) is 26.0. The van der Waals surface area contributed by atoms with Gasteiger partial charge in [0.05, 0.1) is 40.0 Å². The minimum absolute atomic E-state index is 0.0331. The maximum Gasteiger partial charge on any atom is 0.338 e. The van der Waals surface area contributed by atoms with Crippen LogP contribution in [0.4, 0.5) is 5.69 Å². The molecule has 0 bridgehead atoms. The van der Waals surface area contributed by atoms with Crippen LogP contribution in [-0.2, 0) is 9.53 Å². The van der Waals surface area contributed by atoms with E-state index in [1.165, 1.54) is 28.0 Å². The zero-order valence-electron chi connectivity index (χ0n) is 21.0. The van der Waals surface area contributed by atoms with E-state index in [0.717, 1.165) is 5.56 Å². The number of thiazole rings is 1. The molecule has 4 rings (SSSR count). The number of hydrogen-bond donors (Lipinski definition) is 0. The molecule has 37 heavy (non-hydrogen) atoms. The molecular formula is C27H27N3O6S. The number of carbonyl (C=O) groups excluding carboxylic acids is 1. The van der Waals surface area contributed by atoms with Crippen molar-refractivity contribution >= 4 is 29.1 Å². The van der Waals surface area contributed by atoms with Crippen LogP contribution in [0.5, 0.6) is 5.75 Å². The highest BCUT2D eigenvalue weighted by atomic mass is 32.1. The van der Waals surface area contributed by atoms with Gasteiger partial charge in [-0.15, -0.1) is 0 Å². The van der Waals surface area contributed by atoms with Crippen LogP contribution in [0.3, 0.4) is 0 Å². The molecule has 10 heteroatoms. The number of fused-ring (bicyclic) bond motifs is 1. The Kier molecular flexibility index (Phi) is 7.68. The molecule has 9 nitrogen and oxygen atoms in total. The van der Waals surface area contributed by atoms with Crippen LogP contribution in [0.25, 0.3) is 6.08 Å². The number of allylic oxidation sites excluding steroid dienone is 1. The van der Waals surface area contributed by atoms with Gasteiger partial charge in [-0.1, -0.05) is 37.3 Å². The zero-order valence-corrected chi connectivity index (χ0v) is 21.8. The SMILES string of the molecule is CCOc1ccc(C2C(C(=O)OCC(C)C)=C(C)N=c3s/c(=C\c4ccc([N+](=O)[O-])cc4)c(=O)n32)cc1. The van der Waals surface area contributed by atoms with E-state index in [-0.39, 0.29) is 23.8 Å². The van der Waals surface area contributed by atoms with E-state index in [9.17, 15) is 19.7 Å². The van der Waals surface area contributed by atoms with Crippen molar-refractivity contribution in [1.29, 1.82) is 0 Å². The second kappa shape index (κ2) is 10.9. The van der Waals surface area contributed by atoms with E-state index in [1.54, 1.807) is 37.3 Å². The molecule has 0 N–H and O–H groups in total. The lowest BCUT2D eigenvalue weighted by Crippen LogP contribution is -2.40. The van der Waals surface area contributed by atoms with Crippen molar-refractivity contribution in [3.63, 3.8) is 0 Å². The number of carbonyl (C=O) groups is 1. The molecule has 1 atom stereocenters. The molecule has 2 heterocycles. The summed E-state index contributed by atoms with van der Waals surface area (Å²) in [7, 11) is 0. The number of nitrogens with zero attached hydrogens (tertiary/aromatic N) is 3. The summed E-state index contributed by atoms with van der Waals surface area (Å²) in [6, 6.07) is 12.5. The fourth-order valence-electron chi connectivity index (χ4n) is 3.97. The third-order valence-corrected chi connectivity index (χ3v) is 6.68. The van der Waals surface area contributed by atoms with Gasteiger partial charge in [0, 0.05) is 12.1 Å². The largest absolute Gasteiger partial charge is 0.494 e. The Labute approximate surface area is 217 Å². The van der Waals surface area contributed by atoms with Crippen LogP contribution in [0, 0.1) is 16.0 Å². The van der Waals surface area contributed by atoms with Crippen molar-refractivity contribution in [3.8, 4) is 5.75 Å². The molecule has 0 radical (unpaired) electrons. The Morgan fingerprint density at radius 1 is 1.19 bits per heavy atom. The number of esters is 1. The summed E-state index contributed by atoms with van der Waals surface area (Å²) in [6.45, 7) is 8.29. The van der Waals surface area contributed by atoms with Crippen LogP contribution < -0.4 is 19.6 Å². The maximum absolute atomic E-state index is 13.7. The van der Waals surface area contributed by atoms with Gasteiger partial charge in [0.2, 0.25) is 0 Å². The van der Waals surface area contributed by atoms with Gasteiger partial charge < -0.3 is 9.47 Å². The van der Waals surface area contributed by atoms with Crippen molar-refractivity contribution in [1.82, 2.24) is 4.57 Å². The van der Waals surface area contributed by atoms with Gasteiger partial charge in [0.1, 0.15) is 5.75 Å². The molecular weight excluding hydrogens is 494 g/mol. The third-order valence-electron chi connectivity index (χ3n) is 5.70. The lowest BCUT2D eigenvalue weighted by atomic mass is 9.96. The third kappa shape index (κ3) is 5.54. The highest BCUT2D eigenvalue weighted by Crippen LogP contribution is 2.31. The van der Waals surface area contributed by atoms with Crippen molar-refractivity contribution in [2.75, 3.05) is 13.2 Å². The van der Waals surface area contributed by atoms with Crippen molar-refractivity contribution in [2.24, 2.45) is 10.9 Å². The van der Waals surface area contributed by atoms with E-state index < -0.39 is 16.9 Å². The lowest BCUT2D eigenvalue weighted by Gasteiger charge is -2.25. The van der Waals surface area contributed by atoms with Gasteiger partial charge in [-0.3, -0.25) is 19.5 Å². The predicted molar refractivity (Wildman–Crippen MR) is 140 cm³/mol. The van der Waals surface area contributed by atoms with Gasteiger partial charge >= 0.3 is 5.97 Å². The summed E-state index contributed by atoms with van der Waals surface area (Å²) in [6.07, 6.45) is 1.67. The summed E-state index contributed by atoms with van der Waals surface area (Å²) in [5.74, 6) is 0.316. The average molecular weight is 522 g/mol. The summed E-state index contributed by atoms with van der Waals surface area (Å²) >= 11 is 1.20. The quantitative estimate of drug-likeness (QED) is 0.254. The van der Waals surface area contributed by atoms with E-state index in [4.69, 9.17) is 9.47 Å². The van der Waals surface area contributed by atoms with Crippen LogP contribution in [0.1, 0.15) is 44.9 Å². The highest BCUT2D eigenvalue weighted by Gasteiger charge is 2.33. The van der Waals surface area contributed by atoms with Crippen molar-refractivity contribution in [2.45, 2.75) is 33.7 Å². The molecule has 0 aliphatic carbocycles. The normalized spacial score (nSPS) is 15.4. The summed E-state index contributed by atoms with van der Waals surface area (Å²) < 4.78 is 13.0. The van der Waals surface area contributed by atoms with Gasteiger partial charge in [0.15, 0.2) is 4.80 Å². The number of rotatable bonds is 8. The molecule has 1 aliphatic heterocycles. The molecule has 0 spiro atoms. The second-order valence-corrected chi connectivity index (χ2v) is 9.93. The smallest absolute Gasteiger partial charge is 0.338 e. The average Bonchev–Trinajstić information content (AvgIpc) is 3.17. The number of hydrogen-bond acceptors (Lipinski definition) is 8. The Morgan fingerprint density at radius 2 is 1.86 bits per heavy atom. The van der Waals surface area contributed by atoms with Gasteiger partial charge in [0.25, 0.3) is 11.2 Å². The molecule has 0 fully saturated rings. The molecule has 1 aromatic heterocycles. The van der Waals surface area contributed by atoms with Crippen LogP contribution in [0.2, 0.25) is 0 Å². The van der Waals surface area contributed by atoms with Crippen LogP contribution in [0.15, 0.2) is 69.6 Å². The molecule has 3 aromatic rings. The fourth-order valence-corrected chi connectivity index (χ4v) is 5.02. The monoisotopic (exact) mass is 521 g/mol. The first-order valence-electron chi connectivity index (χ1n) is 11.9. The topological polar surface area (TPSA) is 113 Å². The molecule has 0 saturated heterocycles. The predicted octanol–water partition coefficient (Wildman–Crippen LogP) is 3.74. The maximum atomic E-state index is 13.7. The lowest BCUT2D eigenvalue weighted by molar-refractivity contribution is -0.384. The van der Waals surface area contributed by atoms with Gasteiger partial charge in [-0.2, -0.15) is 0 Å². The minimum atomic E-state index is -0.731. The van der Waals surface area contributed by atoms with Crippen molar-refractivity contribution in [3.05, 3.63) is 101 Å². The molecule has 1 unspecified atom stereocenters. The number of nitro groups is 1. The van der Waals surface area contributed by atoms with E-state index in [1.807, 2.05) is 32.9 Å². The number of non-ortho nitro benzene ring substituents is 1. The number of benzene rings is 2. The standard InChI is InChI=1S/C27H27N3O6S/c1-5-35-21-12-8-19(9-13-21)24-23(26(32)36-15-16(2)3)17(4)28-27-29(24)25(31)22(37-27)14-18-6-10-20(11-7-18)30(33)34/h6-14,16,24H,5,15H2,1-4H3/b22-14-. The molecule has 0 amide bonds. The van der Waals surface area contributed by atoms with E-state index in [2.05, 4.69) is 4.99 Å². The summed E-state index contributed by atoms with van der Waals surface area (Å²) in [5.41, 5.74) is 1.80. The summed E-state index contributed by atoms with van der Waals surface area (Å²) in [4.78, 5) is 42.4. The van der Waals surface area contributed by atoms with E-state index in [0.29, 0.717) is 38.5 Å².